The van der Waals surface area contributed by atoms with Crippen LogP contribution in [0.4, 0.5) is 5.69 Å². The van der Waals surface area contributed by atoms with E-state index in [1.165, 1.54) is 4.90 Å². The molecule has 0 bridgehead atoms. The largest absolute Gasteiger partial charge is 0.378 e. The first kappa shape index (κ1) is 18.1. The van der Waals surface area contributed by atoms with Crippen molar-refractivity contribution in [2.45, 2.75) is 18.7 Å². The maximum atomic E-state index is 5.84. The summed E-state index contributed by atoms with van der Waals surface area (Å²) in [5.41, 5.74) is 6.93. The molecule has 0 atom stereocenters. The molecular weight excluding hydrogens is 308 g/mol. The van der Waals surface area contributed by atoms with E-state index < -0.39 is 0 Å². The highest BCUT2D eigenvalue weighted by molar-refractivity contribution is 7.98. The van der Waals surface area contributed by atoms with Crippen molar-refractivity contribution in [2.75, 3.05) is 51.0 Å². The predicted molar refractivity (Wildman–Crippen MR) is 99.4 cm³/mol. The summed E-state index contributed by atoms with van der Waals surface area (Å²) in [6, 6.07) is 8.31. The van der Waals surface area contributed by atoms with Crippen molar-refractivity contribution >= 4 is 23.4 Å². The number of ether oxygens (including phenoxy) is 1. The Bertz CT molecular complexity index is 527. The van der Waals surface area contributed by atoms with Crippen LogP contribution in [0.15, 0.2) is 34.2 Å². The van der Waals surface area contributed by atoms with Gasteiger partial charge in [-0.2, -0.15) is 0 Å². The summed E-state index contributed by atoms with van der Waals surface area (Å²) in [5, 5.41) is 3.52. The van der Waals surface area contributed by atoms with E-state index in [1.807, 2.05) is 6.07 Å². The van der Waals surface area contributed by atoms with Gasteiger partial charge in [-0.15, -0.1) is 11.8 Å². The monoisotopic (exact) mass is 336 g/mol. The predicted octanol–water partition coefficient (Wildman–Crippen LogP) is 2.49. The smallest absolute Gasteiger partial charge is 0.198 e. The number of anilines is 1. The third-order valence-electron chi connectivity index (χ3n) is 3.87. The van der Waals surface area contributed by atoms with Gasteiger partial charge in [-0.25, -0.2) is 0 Å². The SMILES string of the molecule is CSc1ccccc1NC(=NCC(C)(C)CN)N1CCOCC1. The van der Waals surface area contributed by atoms with E-state index in [0.29, 0.717) is 13.1 Å². The number of thioether (sulfide) groups is 1. The zero-order valence-electron chi connectivity index (χ0n) is 14.3. The number of nitrogens with two attached hydrogens (primary N) is 1. The summed E-state index contributed by atoms with van der Waals surface area (Å²) in [4.78, 5) is 8.32. The molecule has 23 heavy (non-hydrogen) atoms. The Balaban J connectivity index is 2.20. The third-order valence-corrected chi connectivity index (χ3v) is 4.67. The van der Waals surface area contributed by atoms with Gasteiger partial charge in [0.15, 0.2) is 5.96 Å². The van der Waals surface area contributed by atoms with E-state index in [9.17, 15) is 0 Å². The number of guanidine groups is 1. The van der Waals surface area contributed by atoms with Crippen LogP contribution in [0, 0.1) is 5.41 Å². The van der Waals surface area contributed by atoms with Gasteiger partial charge >= 0.3 is 0 Å². The molecule has 1 saturated heterocycles. The van der Waals surface area contributed by atoms with E-state index in [2.05, 4.69) is 48.5 Å². The van der Waals surface area contributed by atoms with E-state index in [0.717, 1.165) is 38.0 Å². The van der Waals surface area contributed by atoms with Gasteiger partial charge in [0.2, 0.25) is 0 Å². The standard InChI is InChI=1S/C17H28N4OS/c1-17(2,12-18)13-19-16(21-8-10-22-11-9-21)20-14-6-4-5-7-15(14)23-3/h4-7H,8-13,18H2,1-3H3,(H,19,20). The number of hydrogen-bond acceptors (Lipinski definition) is 4. The van der Waals surface area contributed by atoms with Crippen molar-refractivity contribution in [2.24, 2.45) is 16.1 Å². The van der Waals surface area contributed by atoms with Gasteiger partial charge in [0, 0.05) is 24.5 Å². The molecule has 2 rings (SSSR count). The Labute approximate surface area is 143 Å². The van der Waals surface area contributed by atoms with Gasteiger partial charge in [-0.1, -0.05) is 26.0 Å². The maximum absolute atomic E-state index is 5.84. The Hall–Kier alpha value is -1.24. The minimum atomic E-state index is -0.00175. The molecule has 1 heterocycles. The summed E-state index contributed by atoms with van der Waals surface area (Å²) in [7, 11) is 0. The molecule has 0 amide bonds. The molecule has 1 aromatic rings. The second kappa shape index (κ2) is 8.57. The summed E-state index contributed by atoms with van der Waals surface area (Å²) in [6.07, 6.45) is 2.09. The molecule has 1 fully saturated rings. The molecule has 1 aromatic carbocycles. The Kier molecular flexibility index (Phi) is 6.74. The fourth-order valence-electron chi connectivity index (χ4n) is 2.22. The molecule has 0 spiro atoms. The molecule has 6 heteroatoms. The van der Waals surface area contributed by atoms with Gasteiger partial charge in [0.05, 0.1) is 18.9 Å². The molecule has 1 aliphatic rings. The summed E-state index contributed by atoms with van der Waals surface area (Å²) in [6.45, 7) is 8.80. The minimum absolute atomic E-state index is 0.00175. The van der Waals surface area contributed by atoms with E-state index in [-0.39, 0.29) is 5.41 Å². The van der Waals surface area contributed by atoms with Crippen LogP contribution in [0.25, 0.3) is 0 Å². The number of nitrogens with zero attached hydrogens (tertiary/aromatic N) is 2. The maximum Gasteiger partial charge on any atom is 0.198 e. The molecule has 128 valence electrons. The lowest BCUT2D eigenvalue weighted by Gasteiger charge is -2.31. The van der Waals surface area contributed by atoms with Crippen LogP contribution in [0.1, 0.15) is 13.8 Å². The summed E-state index contributed by atoms with van der Waals surface area (Å²) >= 11 is 1.73. The molecule has 0 aromatic heterocycles. The van der Waals surface area contributed by atoms with Crippen LogP contribution in [-0.2, 0) is 4.74 Å². The van der Waals surface area contributed by atoms with Gasteiger partial charge < -0.3 is 20.7 Å². The molecule has 0 unspecified atom stereocenters. The van der Waals surface area contributed by atoms with E-state index in [1.54, 1.807) is 11.8 Å². The van der Waals surface area contributed by atoms with Crippen LogP contribution >= 0.6 is 11.8 Å². The molecule has 0 aliphatic carbocycles. The number of para-hydroxylation sites is 1. The van der Waals surface area contributed by atoms with Gasteiger partial charge in [-0.3, -0.25) is 4.99 Å². The van der Waals surface area contributed by atoms with Gasteiger partial charge in [0.25, 0.3) is 0 Å². The lowest BCUT2D eigenvalue weighted by atomic mass is 9.94. The fraction of sp³-hybridized carbons (Fsp3) is 0.588. The molecule has 1 aliphatic heterocycles. The molecule has 3 N–H and O–H groups in total. The highest BCUT2D eigenvalue weighted by atomic mass is 32.2. The Morgan fingerprint density at radius 1 is 1.35 bits per heavy atom. The zero-order chi connectivity index (χ0) is 16.7. The van der Waals surface area contributed by atoms with E-state index in [4.69, 9.17) is 15.5 Å². The second-order valence-electron chi connectivity index (χ2n) is 6.43. The number of nitrogens with one attached hydrogen (secondary N) is 1. The fourth-order valence-corrected chi connectivity index (χ4v) is 2.77. The average Bonchev–Trinajstić information content (AvgIpc) is 2.59. The number of hydrogen-bond donors (Lipinski definition) is 2. The third kappa shape index (κ3) is 5.41. The lowest BCUT2D eigenvalue weighted by molar-refractivity contribution is 0.0678. The van der Waals surface area contributed by atoms with Crippen molar-refractivity contribution in [3.05, 3.63) is 24.3 Å². The van der Waals surface area contributed by atoms with Crippen LogP contribution < -0.4 is 11.1 Å². The second-order valence-corrected chi connectivity index (χ2v) is 7.28. The van der Waals surface area contributed by atoms with Crippen LogP contribution in [-0.4, -0.2) is 56.5 Å². The van der Waals surface area contributed by atoms with Crippen LogP contribution in [0.2, 0.25) is 0 Å². The van der Waals surface area contributed by atoms with E-state index >= 15 is 0 Å². The molecular formula is C17H28N4OS. The molecule has 5 nitrogen and oxygen atoms in total. The average molecular weight is 337 g/mol. The zero-order valence-corrected chi connectivity index (χ0v) is 15.2. The highest BCUT2D eigenvalue weighted by Gasteiger charge is 2.19. The van der Waals surface area contributed by atoms with Gasteiger partial charge in [-0.05, 0) is 30.3 Å². The van der Waals surface area contributed by atoms with Crippen molar-refractivity contribution in [1.29, 1.82) is 0 Å². The minimum Gasteiger partial charge on any atom is -0.378 e. The van der Waals surface area contributed by atoms with Crippen molar-refractivity contribution in [3.63, 3.8) is 0 Å². The normalized spacial score (nSPS) is 16.5. The first-order chi connectivity index (χ1) is 11.1. The number of aliphatic imine (C=N–C) groups is 1. The number of rotatable bonds is 5. The number of benzene rings is 1. The quantitative estimate of drug-likeness (QED) is 0.491. The van der Waals surface area contributed by atoms with Crippen molar-refractivity contribution < 1.29 is 4.74 Å². The topological polar surface area (TPSA) is 62.9 Å². The van der Waals surface area contributed by atoms with Crippen molar-refractivity contribution in [1.82, 2.24) is 4.90 Å². The molecule has 0 saturated carbocycles. The first-order valence-corrected chi connectivity index (χ1v) is 9.25. The Morgan fingerprint density at radius 2 is 2.04 bits per heavy atom. The van der Waals surface area contributed by atoms with Crippen LogP contribution in [0.5, 0.6) is 0 Å². The number of morpholine rings is 1. The first-order valence-electron chi connectivity index (χ1n) is 8.03. The van der Waals surface area contributed by atoms with Gasteiger partial charge in [0.1, 0.15) is 0 Å². The highest BCUT2D eigenvalue weighted by Crippen LogP contribution is 2.25. The lowest BCUT2D eigenvalue weighted by Crippen LogP contribution is -2.44. The Morgan fingerprint density at radius 3 is 2.70 bits per heavy atom. The molecule has 0 radical (unpaired) electrons. The van der Waals surface area contributed by atoms with Crippen LogP contribution in [0.3, 0.4) is 0 Å². The summed E-state index contributed by atoms with van der Waals surface area (Å²) < 4.78 is 5.46. The van der Waals surface area contributed by atoms with Crippen molar-refractivity contribution in [3.8, 4) is 0 Å². The summed E-state index contributed by atoms with van der Waals surface area (Å²) in [5.74, 6) is 0.913.